The Kier molecular flexibility index (Phi) is 3.88. The number of aliphatic hydroxyl groups is 1. The second kappa shape index (κ2) is 5.18. The van der Waals surface area contributed by atoms with E-state index < -0.39 is 18.2 Å². The number of nitrogens with zero attached hydrogens (tertiary/aromatic N) is 1. The van der Waals surface area contributed by atoms with Crippen LogP contribution in [0.2, 0.25) is 0 Å². The SMILES string of the molecule is Cc1c(C(=O)O)noc1[C@H]1C[C@H](O)C[C@@H](C(C)(C)C)O1. The Morgan fingerprint density at radius 1 is 1.35 bits per heavy atom. The quantitative estimate of drug-likeness (QED) is 0.865. The molecule has 112 valence electrons. The lowest BCUT2D eigenvalue weighted by Crippen LogP contribution is -2.39. The van der Waals surface area contributed by atoms with Gasteiger partial charge in [0.05, 0.1) is 12.2 Å². The summed E-state index contributed by atoms with van der Waals surface area (Å²) in [6.07, 6.45) is -0.103. The minimum Gasteiger partial charge on any atom is -0.476 e. The van der Waals surface area contributed by atoms with Crippen LogP contribution in [0.25, 0.3) is 0 Å². The lowest BCUT2D eigenvalue weighted by Gasteiger charge is -2.39. The van der Waals surface area contributed by atoms with E-state index in [1.807, 2.05) is 20.8 Å². The maximum Gasteiger partial charge on any atom is 0.358 e. The van der Waals surface area contributed by atoms with Crippen molar-refractivity contribution < 1.29 is 24.3 Å². The van der Waals surface area contributed by atoms with E-state index >= 15 is 0 Å². The van der Waals surface area contributed by atoms with Crippen molar-refractivity contribution in [2.45, 2.75) is 58.8 Å². The van der Waals surface area contributed by atoms with Crippen LogP contribution < -0.4 is 0 Å². The van der Waals surface area contributed by atoms with E-state index in [9.17, 15) is 9.90 Å². The molecule has 6 nitrogen and oxygen atoms in total. The van der Waals surface area contributed by atoms with Gasteiger partial charge in [0, 0.05) is 18.4 Å². The highest BCUT2D eigenvalue weighted by Gasteiger charge is 2.38. The summed E-state index contributed by atoms with van der Waals surface area (Å²) in [5.74, 6) is -0.725. The average Bonchev–Trinajstić information content (AvgIpc) is 2.69. The minimum absolute atomic E-state index is 0.101. The lowest BCUT2D eigenvalue weighted by molar-refractivity contribution is -0.143. The first-order chi connectivity index (χ1) is 9.20. The molecule has 2 rings (SSSR count). The van der Waals surface area contributed by atoms with Gasteiger partial charge in [-0.15, -0.1) is 0 Å². The van der Waals surface area contributed by atoms with Gasteiger partial charge < -0.3 is 19.5 Å². The molecule has 1 aliphatic heterocycles. The van der Waals surface area contributed by atoms with Gasteiger partial charge in [0.25, 0.3) is 0 Å². The van der Waals surface area contributed by atoms with E-state index in [0.717, 1.165) is 0 Å². The summed E-state index contributed by atoms with van der Waals surface area (Å²) < 4.78 is 11.1. The molecule has 1 aliphatic rings. The average molecular weight is 283 g/mol. The van der Waals surface area contributed by atoms with Crippen molar-refractivity contribution in [3.8, 4) is 0 Å². The van der Waals surface area contributed by atoms with Crippen LogP contribution in [0.5, 0.6) is 0 Å². The standard InChI is InChI=1S/C14H21NO5/c1-7-11(13(17)18)15-20-12(7)9-5-8(16)6-10(19-9)14(2,3)4/h8-10,16H,5-6H2,1-4H3,(H,17,18)/t8-,9+,10-/m0/s1. The second-order valence-corrected chi connectivity index (χ2v) is 6.43. The fourth-order valence-corrected chi connectivity index (χ4v) is 2.47. The first-order valence-corrected chi connectivity index (χ1v) is 6.73. The molecular weight excluding hydrogens is 262 g/mol. The van der Waals surface area contributed by atoms with E-state index in [-0.39, 0.29) is 17.2 Å². The highest BCUT2D eigenvalue weighted by atomic mass is 16.5. The topological polar surface area (TPSA) is 92.8 Å². The van der Waals surface area contributed by atoms with Crippen LogP contribution >= 0.6 is 0 Å². The third kappa shape index (κ3) is 2.86. The number of rotatable bonds is 2. The molecule has 0 aliphatic carbocycles. The Bertz CT molecular complexity index is 502. The van der Waals surface area contributed by atoms with Gasteiger partial charge in [-0.05, 0) is 12.3 Å². The Labute approximate surface area is 117 Å². The van der Waals surface area contributed by atoms with Crippen molar-refractivity contribution in [3.63, 3.8) is 0 Å². The maximum atomic E-state index is 11.0. The predicted molar refractivity (Wildman–Crippen MR) is 70.5 cm³/mol. The van der Waals surface area contributed by atoms with Crippen molar-refractivity contribution >= 4 is 5.97 Å². The molecule has 0 radical (unpaired) electrons. The first kappa shape index (κ1) is 15.0. The van der Waals surface area contributed by atoms with E-state index in [1.165, 1.54) is 0 Å². The fourth-order valence-electron chi connectivity index (χ4n) is 2.47. The Morgan fingerprint density at radius 2 is 2.00 bits per heavy atom. The smallest absolute Gasteiger partial charge is 0.358 e. The van der Waals surface area contributed by atoms with Crippen LogP contribution in [0.15, 0.2) is 4.52 Å². The summed E-state index contributed by atoms with van der Waals surface area (Å²) in [6.45, 7) is 7.78. The third-order valence-electron chi connectivity index (χ3n) is 3.72. The number of carboxylic acids is 1. The Morgan fingerprint density at radius 3 is 2.50 bits per heavy atom. The molecule has 1 saturated heterocycles. The summed E-state index contributed by atoms with van der Waals surface area (Å²) in [6, 6.07) is 0. The summed E-state index contributed by atoms with van der Waals surface area (Å²) in [5.41, 5.74) is 0.253. The largest absolute Gasteiger partial charge is 0.476 e. The van der Waals surface area contributed by atoms with Crippen molar-refractivity contribution in [2.24, 2.45) is 5.41 Å². The predicted octanol–water partition coefficient (Wildman–Crippen LogP) is 2.31. The van der Waals surface area contributed by atoms with Gasteiger partial charge >= 0.3 is 5.97 Å². The number of carbonyl (C=O) groups is 1. The third-order valence-corrected chi connectivity index (χ3v) is 3.72. The molecule has 1 fully saturated rings. The van der Waals surface area contributed by atoms with Crippen LogP contribution in [-0.4, -0.2) is 33.5 Å². The molecule has 0 bridgehead atoms. The van der Waals surface area contributed by atoms with Crippen LogP contribution in [0.4, 0.5) is 0 Å². The molecule has 0 unspecified atom stereocenters. The summed E-state index contributed by atoms with van der Waals surface area (Å²) >= 11 is 0. The van der Waals surface area contributed by atoms with E-state index in [1.54, 1.807) is 6.92 Å². The second-order valence-electron chi connectivity index (χ2n) is 6.43. The molecule has 0 saturated carbocycles. The normalized spacial score (nSPS) is 27.6. The van der Waals surface area contributed by atoms with E-state index in [4.69, 9.17) is 14.4 Å². The number of hydrogen-bond acceptors (Lipinski definition) is 5. The Hall–Kier alpha value is -1.40. The summed E-state index contributed by atoms with van der Waals surface area (Å²) in [4.78, 5) is 11.0. The molecular formula is C14H21NO5. The van der Waals surface area contributed by atoms with Gasteiger partial charge in [-0.2, -0.15) is 0 Å². The molecule has 0 aromatic carbocycles. The number of aromatic nitrogens is 1. The zero-order valence-electron chi connectivity index (χ0n) is 12.2. The van der Waals surface area contributed by atoms with Crippen molar-refractivity contribution in [1.29, 1.82) is 0 Å². The molecule has 2 N–H and O–H groups in total. The number of carboxylic acid groups (broad SMARTS) is 1. The van der Waals surface area contributed by atoms with Crippen molar-refractivity contribution in [1.82, 2.24) is 5.16 Å². The molecule has 0 spiro atoms. The maximum absolute atomic E-state index is 11.0. The van der Waals surface area contributed by atoms with E-state index in [0.29, 0.717) is 24.2 Å². The fraction of sp³-hybridized carbons (Fsp3) is 0.714. The van der Waals surface area contributed by atoms with Crippen molar-refractivity contribution in [2.75, 3.05) is 0 Å². The van der Waals surface area contributed by atoms with Crippen LogP contribution in [0, 0.1) is 12.3 Å². The van der Waals surface area contributed by atoms with Crippen LogP contribution in [0.3, 0.4) is 0 Å². The zero-order chi connectivity index (χ0) is 15.1. The van der Waals surface area contributed by atoms with Crippen LogP contribution in [-0.2, 0) is 4.74 Å². The molecule has 2 heterocycles. The molecule has 6 heteroatoms. The zero-order valence-corrected chi connectivity index (χ0v) is 12.2. The summed E-state index contributed by atoms with van der Waals surface area (Å²) in [7, 11) is 0. The van der Waals surface area contributed by atoms with Gasteiger partial charge in [-0.3, -0.25) is 0 Å². The molecule has 1 aromatic heterocycles. The molecule has 0 amide bonds. The van der Waals surface area contributed by atoms with Gasteiger partial charge in [0.1, 0.15) is 6.10 Å². The van der Waals surface area contributed by atoms with Gasteiger partial charge in [-0.1, -0.05) is 25.9 Å². The number of hydrogen-bond donors (Lipinski definition) is 2. The highest BCUT2D eigenvalue weighted by molar-refractivity contribution is 5.87. The van der Waals surface area contributed by atoms with Crippen LogP contribution in [0.1, 0.15) is 61.5 Å². The van der Waals surface area contributed by atoms with Gasteiger partial charge in [0.15, 0.2) is 11.5 Å². The monoisotopic (exact) mass is 283 g/mol. The van der Waals surface area contributed by atoms with Gasteiger partial charge in [-0.25, -0.2) is 4.79 Å². The number of ether oxygens (including phenoxy) is 1. The lowest BCUT2D eigenvalue weighted by atomic mass is 9.82. The highest BCUT2D eigenvalue weighted by Crippen LogP contribution is 2.39. The first-order valence-electron chi connectivity index (χ1n) is 6.73. The summed E-state index contributed by atoms with van der Waals surface area (Å²) in [5, 5.41) is 22.6. The Balaban J connectivity index is 2.26. The minimum atomic E-state index is -1.12. The molecule has 20 heavy (non-hydrogen) atoms. The molecule has 1 aromatic rings. The van der Waals surface area contributed by atoms with Crippen molar-refractivity contribution in [3.05, 3.63) is 17.0 Å². The molecule has 3 atom stereocenters. The number of aliphatic hydroxyl groups excluding tert-OH is 1. The number of aromatic carboxylic acids is 1. The van der Waals surface area contributed by atoms with Gasteiger partial charge in [0.2, 0.25) is 0 Å². The van der Waals surface area contributed by atoms with E-state index in [2.05, 4.69) is 5.16 Å².